The van der Waals surface area contributed by atoms with Crippen molar-refractivity contribution in [2.75, 3.05) is 13.1 Å². The van der Waals surface area contributed by atoms with E-state index in [2.05, 4.69) is 15.9 Å². The molecule has 6 nitrogen and oxygen atoms in total. The maximum Gasteiger partial charge on any atom is 0.323 e. The first-order valence-electron chi connectivity index (χ1n) is 5.77. The van der Waals surface area contributed by atoms with Gasteiger partial charge in [-0.2, -0.15) is 0 Å². The Hall–Kier alpha value is -2.94. The van der Waals surface area contributed by atoms with Crippen molar-refractivity contribution in [3.63, 3.8) is 0 Å². The van der Waals surface area contributed by atoms with Gasteiger partial charge in [-0.1, -0.05) is 12.0 Å². The van der Waals surface area contributed by atoms with Crippen LogP contribution in [-0.4, -0.2) is 44.9 Å². The number of aromatic nitrogens is 2. The zero-order valence-electron chi connectivity index (χ0n) is 10.5. The Morgan fingerprint density at radius 3 is 2.75 bits per heavy atom. The highest BCUT2D eigenvalue weighted by Crippen LogP contribution is 2.15. The average Bonchev–Trinajstić information content (AvgIpc) is 2.45. The highest BCUT2D eigenvalue weighted by Gasteiger charge is 2.20. The number of carbonyl (C=O) groups is 2. The molecule has 1 aromatic carbocycles. The van der Waals surface area contributed by atoms with Crippen LogP contribution in [0.4, 0.5) is 0 Å². The van der Waals surface area contributed by atoms with Crippen LogP contribution in [-0.2, 0) is 4.79 Å². The van der Waals surface area contributed by atoms with Gasteiger partial charge < -0.3 is 10.0 Å². The fourth-order valence-corrected chi connectivity index (χ4v) is 1.81. The van der Waals surface area contributed by atoms with Crippen molar-refractivity contribution in [2.24, 2.45) is 0 Å². The summed E-state index contributed by atoms with van der Waals surface area (Å²) in [5.41, 5.74) is 1.27. The lowest BCUT2D eigenvalue weighted by molar-refractivity contribution is -0.137. The van der Waals surface area contributed by atoms with Gasteiger partial charge in [0.25, 0.3) is 5.91 Å². The van der Waals surface area contributed by atoms with E-state index in [1.807, 2.05) is 0 Å². The van der Waals surface area contributed by atoms with Gasteiger partial charge in [0.2, 0.25) is 0 Å². The second-order valence-electron chi connectivity index (χ2n) is 3.99. The quantitative estimate of drug-likeness (QED) is 0.830. The number of para-hydroxylation sites is 1. The molecule has 2 aromatic rings. The van der Waals surface area contributed by atoms with E-state index >= 15 is 0 Å². The molecule has 20 heavy (non-hydrogen) atoms. The summed E-state index contributed by atoms with van der Waals surface area (Å²) in [4.78, 5) is 32.5. The molecule has 0 saturated carbocycles. The van der Waals surface area contributed by atoms with Gasteiger partial charge in [-0.15, -0.1) is 6.42 Å². The maximum absolute atomic E-state index is 12.4. The normalized spacial score (nSPS) is 9.95. The zero-order chi connectivity index (χ0) is 14.5. The van der Waals surface area contributed by atoms with Crippen LogP contribution in [0.3, 0.4) is 0 Å². The number of hydrogen-bond acceptors (Lipinski definition) is 4. The van der Waals surface area contributed by atoms with Crippen LogP contribution < -0.4 is 0 Å². The van der Waals surface area contributed by atoms with Crippen molar-refractivity contribution in [1.82, 2.24) is 14.9 Å². The van der Waals surface area contributed by atoms with E-state index in [-0.39, 0.29) is 12.1 Å². The molecule has 0 saturated heterocycles. The highest BCUT2D eigenvalue weighted by molar-refractivity contribution is 6.05. The molecule has 0 aliphatic rings. The van der Waals surface area contributed by atoms with Gasteiger partial charge in [-0.25, -0.2) is 0 Å². The minimum absolute atomic E-state index is 0.0816. The smallest absolute Gasteiger partial charge is 0.323 e. The van der Waals surface area contributed by atoms with E-state index in [1.54, 1.807) is 18.2 Å². The molecule has 0 unspecified atom stereocenters. The second-order valence-corrected chi connectivity index (χ2v) is 3.99. The fourth-order valence-electron chi connectivity index (χ4n) is 1.81. The number of fused-ring (bicyclic) bond motifs is 1. The first-order chi connectivity index (χ1) is 9.63. The lowest BCUT2D eigenvalue weighted by Gasteiger charge is -2.18. The summed E-state index contributed by atoms with van der Waals surface area (Å²) in [6.07, 6.45) is 8.16. The Balaban J connectivity index is 2.44. The zero-order valence-corrected chi connectivity index (χ0v) is 10.5. The van der Waals surface area contributed by atoms with Gasteiger partial charge >= 0.3 is 5.97 Å². The summed E-state index contributed by atoms with van der Waals surface area (Å²) in [5.74, 6) is 0.677. The Bertz CT molecular complexity index is 701. The lowest BCUT2D eigenvalue weighted by atomic mass is 10.1. The molecule has 0 bridgehead atoms. The molecule has 1 heterocycles. The molecule has 1 N–H and O–H groups in total. The molecular weight excluding hydrogens is 258 g/mol. The SMILES string of the molecule is C#CCN(CC(=O)O)C(=O)c1cccc2nccnc12. The predicted octanol–water partition coefficient (Wildman–Crippen LogP) is 0.790. The van der Waals surface area contributed by atoms with Gasteiger partial charge in [0, 0.05) is 12.4 Å². The Kier molecular flexibility index (Phi) is 3.91. The molecule has 100 valence electrons. The molecular formula is C14H11N3O3. The molecule has 0 aliphatic heterocycles. The number of carboxylic acids is 1. The lowest BCUT2D eigenvalue weighted by Crippen LogP contribution is -2.36. The summed E-state index contributed by atoms with van der Waals surface area (Å²) in [6.45, 7) is -0.540. The summed E-state index contributed by atoms with van der Waals surface area (Å²) >= 11 is 0. The number of amides is 1. The number of nitrogens with zero attached hydrogens (tertiary/aromatic N) is 3. The van der Waals surface area contributed by atoms with Crippen LogP contribution >= 0.6 is 0 Å². The largest absolute Gasteiger partial charge is 0.480 e. The van der Waals surface area contributed by atoms with Crippen LogP contribution in [0.5, 0.6) is 0 Å². The maximum atomic E-state index is 12.4. The van der Waals surface area contributed by atoms with Crippen molar-refractivity contribution in [3.8, 4) is 12.3 Å². The van der Waals surface area contributed by atoms with E-state index < -0.39 is 18.4 Å². The van der Waals surface area contributed by atoms with Crippen LogP contribution in [0.1, 0.15) is 10.4 Å². The number of carboxylic acid groups (broad SMARTS) is 1. The molecule has 0 spiro atoms. The molecule has 0 radical (unpaired) electrons. The van der Waals surface area contributed by atoms with E-state index in [1.165, 1.54) is 12.4 Å². The third kappa shape index (κ3) is 2.72. The number of benzene rings is 1. The minimum atomic E-state index is -1.13. The van der Waals surface area contributed by atoms with E-state index in [0.29, 0.717) is 11.0 Å². The van der Waals surface area contributed by atoms with Crippen LogP contribution in [0.2, 0.25) is 0 Å². The molecule has 1 amide bonds. The number of aliphatic carboxylic acids is 1. The van der Waals surface area contributed by atoms with Crippen molar-refractivity contribution < 1.29 is 14.7 Å². The second kappa shape index (κ2) is 5.80. The molecule has 0 atom stereocenters. The third-order valence-corrected chi connectivity index (χ3v) is 2.62. The fraction of sp³-hybridized carbons (Fsp3) is 0.143. The molecule has 6 heteroatoms. The van der Waals surface area contributed by atoms with Gasteiger partial charge in [-0.05, 0) is 12.1 Å². The van der Waals surface area contributed by atoms with Crippen molar-refractivity contribution in [2.45, 2.75) is 0 Å². The van der Waals surface area contributed by atoms with Crippen LogP contribution in [0.15, 0.2) is 30.6 Å². The van der Waals surface area contributed by atoms with E-state index in [0.717, 1.165) is 4.90 Å². The Morgan fingerprint density at radius 1 is 1.30 bits per heavy atom. The number of hydrogen-bond donors (Lipinski definition) is 1. The standard InChI is InChI=1S/C14H11N3O3/c1-2-8-17(9-12(18)19)14(20)10-4-3-5-11-13(10)16-7-6-15-11/h1,3-7H,8-9H2,(H,18,19). The average molecular weight is 269 g/mol. The van der Waals surface area contributed by atoms with Crippen molar-refractivity contribution in [3.05, 3.63) is 36.2 Å². The van der Waals surface area contributed by atoms with Crippen LogP contribution in [0, 0.1) is 12.3 Å². The molecule has 0 fully saturated rings. The monoisotopic (exact) mass is 269 g/mol. The molecule has 2 rings (SSSR count). The first kappa shape index (κ1) is 13.5. The van der Waals surface area contributed by atoms with Gasteiger partial charge in [0.15, 0.2) is 0 Å². The van der Waals surface area contributed by atoms with E-state index in [9.17, 15) is 9.59 Å². The van der Waals surface area contributed by atoms with Crippen molar-refractivity contribution >= 4 is 22.9 Å². The van der Waals surface area contributed by atoms with Crippen molar-refractivity contribution in [1.29, 1.82) is 0 Å². The number of rotatable bonds is 4. The van der Waals surface area contributed by atoms with E-state index in [4.69, 9.17) is 11.5 Å². The summed E-state index contributed by atoms with van der Waals surface area (Å²) in [6, 6.07) is 4.96. The number of terminal acetylenes is 1. The van der Waals surface area contributed by atoms with Gasteiger partial charge in [0.1, 0.15) is 12.1 Å². The van der Waals surface area contributed by atoms with Crippen LogP contribution in [0.25, 0.3) is 11.0 Å². The molecule has 0 aliphatic carbocycles. The first-order valence-corrected chi connectivity index (χ1v) is 5.77. The molecule has 1 aromatic heterocycles. The third-order valence-electron chi connectivity index (χ3n) is 2.62. The summed E-state index contributed by atoms with van der Waals surface area (Å²) < 4.78 is 0. The Labute approximate surface area is 115 Å². The highest BCUT2D eigenvalue weighted by atomic mass is 16.4. The predicted molar refractivity (Wildman–Crippen MR) is 71.9 cm³/mol. The summed E-state index contributed by atoms with van der Waals surface area (Å²) in [7, 11) is 0. The summed E-state index contributed by atoms with van der Waals surface area (Å²) in [5, 5.41) is 8.83. The minimum Gasteiger partial charge on any atom is -0.480 e. The topological polar surface area (TPSA) is 83.4 Å². The number of carbonyl (C=O) groups excluding carboxylic acids is 1. The Morgan fingerprint density at radius 2 is 2.05 bits per heavy atom. The van der Waals surface area contributed by atoms with Gasteiger partial charge in [-0.3, -0.25) is 19.6 Å². The van der Waals surface area contributed by atoms with Gasteiger partial charge in [0.05, 0.1) is 17.6 Å².